The number of amides is 1. The fourth-order valence-corrected chi connectivity index (χ4v) is 4.84. The molecule has 0 spiro atoms. The van der Waals surface area contributed by atoms with Crippen LogP contribution in [0.25, 0.3) is 0 Å². The summed E-state index contributed by atoms with van der Waals surface area (Å²) in [5, 5.41) is 10.6. The van der Waals surface area contributed by atoms with Crippen LogP contribution in [0.1, 0.15) is 53.4 Å². The van der Waals surface area contributed by atoms with Gasteiger partial charge in [0.1, 0.15) is 0 Å². The third kappa shape index (κ3) is 7.01. The number of benzene rings is 3. The van der Waals surface area contributed by atoms with E-state index in [1.54, 1.807) is 24.3 Å². The predicted octanol–water partition coefficient (Wildman–Crippen LogP) is 1.92. The minimum absolute atomic E-state index is 0. The van der Waals surface area contributed by atoms with Gasteiger partial charge in [-0.1, -0.05) is 74.9 Å². The molecule has 3 rings (SSSR count). The number of rotatable bonds is 7. The first-order chi connectivity index (χ1) is 15.5. The van der Waals surface area contributed by atoms with Crippen molar-refractivity contribution in [1.29, 1.82) is 0 Å². The Balaban J connectivity index is 0.00000408. The third-order valence-corrected chi connectivity index (χ3v) is 7.31. The first-order valence-corrected chi connectivity index (χ1v) is 12.1. The number of hydroxylamine groups is 1. The molecule has 1 amide bonds. The van der Waals surface area contributed by atoms with Crippen LogP contribution in [-0.2, 0) is 28.5 Å². The van der Waals surface area contributed by atoms with Crippen LogP contribution in [0.3, 0.4) is 0 Å². The number of hydrogen-bond donors (Lipinski definition) is 1. The van der Waals surface area contributed by atoms with Gasteiger partial charge in [-0.2, -0.15) is 4.31 Å². The summed E-state index contributed by atoms with van der Waals surface area (Å²) in [6.45, 7) is 8.54. The molecule has 1 N–H and O–H groups in total. The van der Waals surface area contributed by atoms with Gasteiger partial charge in [-0.3, -0.25) is 4.79 Å². The average Bonchev–Trinajstić information content (AvgIpc) is 2.79. The number of carbonyl (C=O) groups excluding carboxylic acids is 1. The Hall–Kier alpha value is -2.00. The van der Waals surface area contributed by atoms with Gasteiger partial charge >= 0.3 is 29.6 Å². The summed E-state index contributed by atoms with van der Waals surface area (Å²) in [5.74, 6) is -0.732. The zero-order valence-corrected chi connectivity index (χ0v) is 23.1. The minimum Gasteiger partial charge on any atom is -0.759 e. The maximum absolute atomic E-state index is 13.6. The van der Waals surface area contributed by atoms with Crippen molar-refractivity contribution >= 4 is 15.9 Å². The Morgan fingerprint density at radius 1 is 0.853 bits per heavy atom. The largest absolute Gasteiger partial charge is 1.00 e. The van der Waals surface area contributed by atoms with Gasteiger partial charge in [0.05, 0.1) is 4.90 Å². The van der Waals surface area contributed by atoms with Crippen LogP contribution in [0.2, 0.25) is 0 Å². The molecule has 0 unspecified atom stereocenters. The molecule has 0 saturated heterocycles. The maximum Gasteiger partial charge on any atom is 1.00 e. The summed E-state index contributed by atoms with van der Waals surface area (Å²) >= 11 is 0. The van der Waals surface area contributed by atoms with Crippen molar-refractivity contribution in [2.75, 3.05) is 0 Å². The number of aryl methyl sites for hydroxylation is 1. The zero-order chi connectivity index (χ0) is 24.2. The van der Waals surface area contributed by atoms with Gasteiger partial charge in [0.2, 0.25) is 15.9 Å². The second kappa shape index (κ2) is 11.6. The monoisotopic (exact) mass is 488 g/mol. The normalized spacial score (nSPS) is 11.7. The van der Waals surface area contributed by atoms with Crippen molar-refractivity contribution in [2.45, 2.75) is 51.1 Å². The standard InChI is InChI=1S/C26H29N2O4S.Na/c1-19-5-7-20(8-6-19)17-28(18-21-9-11-22(12-10-21)25(29)27-30)33(31,32)24-15-13-23(14-16-24)26(2,3)4;/h5-16H,17-18H2,1-4H3,(H-,27,29,30);/q-1;+1. The topological polar surface area (TPSA) is 89.5 Å². The molecule has 34 heavy (non-hydrogen) atoms. The molecule has 0 aliphatic heterocycles. The second-order valence-corrected chi connectivity index (χ2v) is 11.1. The molecule has 3 aromatic carbocycles. The smallest absolute Gasteiger partial charge is 0.759 e. The molecule has 0 atom stereocenters. The van der Waals surface area contributed by atoms with E-state index >= 15 is 0 Å². The van der Waals surface area contributed by atoms with Crippen LogP contribution >= 0.6 is 0 Å². The fourth-order valence-electron chi connectivity index (χ4n) is 3.42. The fraction of sp³-hybridized carbons (Fsp3) is 0.269. The molecule has 0 aromatic heterocycles. The van der Waals surface area contributed by atoms with E-state index in [0.717, 1.165) is 16.7 Å². The van der Waals surface area contributed by atoms with Crippen LogP contribution in [0.15, 0.2) is 77.7 Å². The number of carbonyl (C=O) groups is 1. The van der Waals surface area contributed by atoms with E-state index in [0.29, 0.717) is 5.56 Å². The van der Waals surface area contributed by atoms with Crippen molar-refractivity contribution in [3.63, 3.8) is 0 Å². The first kappa shape index (κ1) is 28.2. The third-order valence-electron chi connectivity index (χ3n) is 5.51. The molecule has 6 nitrogen and oxygen atoms in total. The van der Waals surface area contributed by atoms with E-state index in [1.807, 2.05) is 43.3 Å². The minimum atomic E-state index is -3.80. The van der Waals surface area contributed by atoms with Gasteiger partial charge in [0, 0.05) is 18.7 Å². The van der Waals surface area contributed by atoms with Gasteiger partial charge < -0.3 is 10.7 Å². The Bertz CT molecular complexity index is 1200. The van der Waals surface area contributed by atoms with Gasteiger partial charge in [0.25, 0.3) is 0 Å². The quantitative estimate of drug-likeness (QED) is 0.407. The summed E-state index contributed by atoms with van der Waals surface area (Å²) < 4.78 is 28.6. The predicted molar refractivity (Wildman–Crippen MR) is 130 cm³/mol. The SMILES string of the molecule is Cc1ccc(CN(Cc2ccc(C(=O)N[O-])cc2)S(=O)(=O)c2ccc(C(C)(C)C)cc2)cc1.[Na+]. The number of nitrogens with zero attached hydrogens (tertiary/aromatic N) is 1. The van der Waals surface area contributed by atoms with Gasteiger partial charge in [-0.25, -0.2) is 8.42 Å². The molecular weight excluding hydrogens is 459 g/mol. The Labute approximate surface area is 224 Å². The number of hydrogen-bond acceptors (Lipinski definition) is 4. The summed E-state index contributed by atoms with van der Waals surface area (Å²) in [5.41, 5.74) is 5.22. The Kier molecular flexibility index (Phi) is 9.65. The van der Waals surface area contributed by atoms with E-state index in [1.165, 1.54) is 21.9 Å². The van der Waals surface area contributed by atoms with E-state index in [4.69, 9.17) is 0 Å². The molecule has 174 valence electrons. The van der Waals surface area contributed by atoms with Gasteiger partial charge in [0.15, 0.2) is 0 Å². The summed E-state index contributed by atoms with van der Waals surface area (Å²) in [4.78, 5) is 11.8. The van der Waals surface area contributed by atoms with Crippen molar-refractivity contribution < 1.29 is 42.8 Å². The Morgan fingerprint density at radius 3 is 1.76 bits per heavy atom. The van der Waals surface area contributed by atoms with Gasteiger partial charge in [-0.05, 0) is 53.3 Å². The van der Waals surface area contributed by atoms with Crippen LogP contribution in [-0.4, -0.2) is 18.6 Å². The van der Waals surface area contributed by atoms with Gasteiger partial charge in [-0.15, -0.1) is 0 Å². The molecule has 0 saturated carbocycles. The molecule has 0 radical (unpaired) electrons. The van der Waals surface area contributed by atoms with E-state index in [2.05, 4.69) is 20.8 Å². The second-order valence-electron chi connectivity index (χ2n) is 9.16. The zero-order valence-electron chi connectivity index (χ0n) is 20.3. The van der Waals surface area contributed by atoms with Crippen molar-refractivity contribution in [3.8, 4) is 0 Å². The van der Waals surface area contributed by atoms with E-state index in [-0.39, 0.29) is 58.5 Å². The summed E-state index contributed by atoms with van der Waals surface area (Å²) in [6.07, 6.45) is 0. The number of sulfonamides is 1. The average molecular weight is 489 g/mol. The maximum atomic E-state index is 13.6. The number of nitrogens with one attached hydrogen (secondary N) is 1. The molecular formula is C26H29N2NaO4S. The van der Waals surface area contributed by atoms with E-state index < -0.39 is 15.9 Å². The summed E-state index contributed by atoms with van der Waals surface area (Å²) in [7, 11) is -3.80. The molecule has 8 heteroatoms. The Morgan fingerprint density at radius 2 is 1.32 bits per heavy atom. The molecule has 0 aliphatic carbocycles. The van der Waals surface area contributed by atoms with Crippen molar-refractivity contribution in [2.24, 2.45) is 0 Å². The molecule has 0 fully saturated rings. The van der Waals surface area contributed by atoms with Crippen LogP contribution in [0.4, 0.5) is 0 Å². The van der Waals surface area contributed by atoms with E-state index in [9.17, 15) is 18.4 Å². The molecule has 3 aromatic rings. The van der Waals surface area contributed by atoms with Crippen LogP contribution in [0, 0.1) is 12.1 Å². The first-order valence-electron chi connectivity index (χ1n) is 10.7. The van der Waals surface area contributed by atoms with Crippen LogP contribution < -0.4 is 35.0 Å². The summed E-state index contributed by atoms with van der Waals surface area (Å²) in [6, 6.07) is 21.1. The van der Waals surface area contributed by atoms with Crippen molar-refractivity contribution in [3.05, 3.63) is 106 Å². The molecule has 0 bridgehead atoms. The van der Waals surface area contributed by atoms with Crippen molar-refractivity contribution in [1.82, 2.24) is 9.79 Å². The molecule has 0 aliphatic rings. The van der Waals surface area contributed by atoms with Crippen LogP contribution in [0.5, 0.6) is 0 Å². The molecule has 0 heterocycles.